The molecule has 0 aliphatic rings. The van der Waals surface area contributed by atoms with Gasteiger partial charge >= 0.3 is 40.0 Å². The Labute approximate surface area is 40.7 Å². The summed E-state index contributed by atoms with van der Waals surface area (Å²) in [5.74, 6) is 0. The molecule has 2 heteroatoms. The number of nitrogens with two attached hydrogens (primary N) is 1. The molecule has 0 amide bonds. The molecule has 0 spiro atoms. The van der Waals surface area contributed by atoms with Crippen molar-refractivity contribution in [3.63, 3.8) is 0 Å². The number of hydrogen-bond donors (Lipinski definition) is 1. The van der Waals surface area contributed by atoms with Gasteiger partial charge in [-0.2, -0.15) is 0 Å². The zero-order valence-electron chi connectivity index (χ0n) is 3.27. The molecule has 1 unspecified atom stereocenters. The molecule has 1 nitrogen and oxygen atoms in total. The molecule has 0 aromatic carbocycles. The third-order valence-electron chi connectivity index (χ3n) is 0.332. The molecule has 0 aliphatic carbocycles. The van der Waals surface area contributed by atoms with Gasteiger partial charge in [0, 0.05) is 0 Å². The van der Waals surface area contributed by atoms with Crippen LogP contribution in [0.1, 0.15) is 6.92 Å². The Balaban J connectivity index is 2.54. The molecule has 0 heterocycles. The zero-order chi connectivity index (χ0) is 4.28. The third kappa shape index (κ3) is 4.48. The molecule has 0 rings (SSSR count). The van der Waals surface area contributed by atoms with Gasteiger partial charge in [0.1, 0.15) is 0 Å². The second kappa shape index (κ2) is 2.70. The van der Waals surface area contributed by atoms with Crippen LogP contribution in [0.3, 0.4) is 0 Å². The van der Waals surface area contributed by atoms with Gasteiger partial charge in [0.25, 0.3) is 0 Å². The molecule has 0 aliphatic heterocycles. The van der Waals surface area contributed by atoms with E-state index in [1.807, 2.05) is 6.92 Å². The van der Waals surface area contributed by atoms with Crippen LogP contribution in [0.15, 0.2) is 0 Å². The standard InChI is InChI=1S/C3H8NSe/c1-3(5)2-4/h3H,2,4H2,1H3. The molecule has 31 valence electrons. The average Bonchev–Trinajstić information content (AvgIpc) is 1.38. The van der Waals surface area contributed by atoms with Crippen molar-refractivity contribution in [3.05, 3.63) is 0 Å². The quantitative estimate of drug-likeness (QED) is 0.502. The second-order valence-electron chi connectivity index (χ2n) is 1.05. The monoisotopic (exact) mass is 138 g/mol. The van der Waals surface area contributed by atoms with Gasteiger partial charge in [0.2, 0.25) is 0 Å². The zero-order valence-corrected chi connectivity index (χ0v) is 4.98. The Morgan fingerprint density at radius 2 is 2.20 bits per heavy atom. The van der Waals surface area contributed by atoms with E-state index in [-0.39, 0.29) is 0 Å². The topological polar surface area (TPSA) is 26.0 Å². The Bertz CT molecular complexity index is 20.9. The fraction of sp³-hybridized carbons (Fsp3) is 1.00. The van der Waals surface area contributed by atoms with E-state index in [9.17, 15) is 0 Å². The van der Waals surface area contributed by atoms with E-state index in [4.69, 9.17) is 5.73 Å². The molecule has 0 aromatic heterocycles. The maximum atomic E-state index is 5.14. The summed E-state index contributed by atoms with van der Waals surface area (Å²) in [6.07, 6.45) is 0. The molecule has 0 fully saturated rings. The SMILES string of the molecule is CC([Se])CN. The average molecular weight is 137 g/mol. The van der Waals surface area contributed by atoms with Crippen molar-refractivity contribution in [2.75, 3.05) is 6.54 Å². The minimum absolute atomic E-state index is 0.537. The summed E-state index contributed by atoms with van der Waals surface area (Å²) < 4.78 is 0. The van der Waals surface area contributed by atoms with E-state index < -0.39 is 0 Å². The fourth-order valence-corrected chi connectivity index (χ4v) is 0. The summed E-state index contributed by atoms with van der Waals surface area (Å²) >= 11 is 2.86. The van der Waals surface area contributed by atoms with E-state index in [1.54, 1.807) is 0 Å². The van der Waals surface area contributed by atoms with Gasteiger partial charge in [-0.1, -0.05) is 0 Å². The van der Waals surface area contributed by atoms with E-state index in [0.717, 1.165) is 6.54 Å². The van der Waals surface area contributed by atoms with E-state index in [1.165, 1.54) is 0 Å². The summed E-state index contributed by atoms with van der Waals surface area (Å²) in [5, 5.41) is 0. The first-order valence-corrected chi connectivity index (χ1v) is 2.62. The predicted molar refractivity (Wildman–Crippen MR) is 24.2 cm³/mol. The molecule has 2 N–H and O–H groups in total. The van der Waals surface area contributed by atoms with Crippen molar-refractivity contribution in [3.8, 4) is 0 Å². The van der Waals surface area contributed by atoms with Crippen molar-refractivity contribution in [2.45, 2.75) is 11.7 Å². The van der Waals surface area contributed by atoms with Crippen LogP contribution in [0.5, 0.6) is 0 Å². The van der Waals surface area contributed by atoms with Crippen LogP contribution >= 0.6 is 0 Å². The van der Waals surface area contributed by atoms with Gasteiger partial charge < -0.3 is 0 Å². The Morgan fingerprint density at radius 3 is 2.20 bits per heavy atom. The van der Waals surface area contributed by atoms with E-state index in [2.05, 4.69) is 16.0 Å². The predicted octanol–water partition coefficient (Wildman–Crippen LogP) is -0.0780. The Hall–Kier alpha value is 0.479. The molecular weight excluding hydrogens is 129 g/mol. The van der Waals surface area contributed by atoms with Crippen LogP contribution in [0.2, 0.25) is 4.82 Å². The van der Waals surface area contributed by atoms with E-state index >= 15 is 0 Å². The molecular formula is C3H8NSe. The Morgan fingerprint density at radius 1 is 2.00 bits per heavy atom. The second-order valence-corrected chi connectivity index (χ2v) is 2.73. The van der Waals surface area contributed by atoms with Crippen molar-refractivity contribution >= 4 is 16.0 Å². The molecule has 0 bridgehead atoms. The molecule has 0 saturated heterocycles. The van der Waals surface area contributed by atoms with Crippen molar-refractivity contribution in [1.29, 1.82) is 0 Å². The minimum atomic E-state index is 0.537. The first-order valence-electron chi connectivity index (χ1n) is 1.63. The molecule has 1 atom stereocenters. The third-order valence-corrected chi connectivity index (χ3v) is 0.736. The summed E-state index contributed by atoms with van der Waals surface area (Å²) in [6, 6.07) is 0. The van der Waals surface area contributed by atoms with Crippen molar-refractivity contribution in [2.24, 2.45) is 5.73 Å². The molecule has 0 saturated carbocycles. The normalized spacial score (nSPS) is 15.0. The first-order chi connectivity index (χ1) is 2.27. The van der Waals surface area contributed by atoms with Crippen LogP contribution in [0, 0.1) is 0 Å². The number of rotatable bonds is 1. The van der Waals surface area contributed by atoms with Gasteiger partial charge in [0.05, 0.1) is 0 Å². The fourth-order valence-electron chi connectivity index (χ4n) is 0. The van der Waals surface area contributed by atoms with Gasteiger partial charge in [-0.25, -0.2) is 0 Å². The van der Waals surface area contributed by atoms with Gasteiger partial charge in [-0.15, -0.1) is 0 Å². The maximum absolute atomic E-state index is 5.14. The van der Waals surface area contributed by atoms with Crippen molar-refractivity contribution in [1.82, 2.24) is 0 Å². The van der Waals surface area contributed by atoms with Crippen LogP contribution in [-0.4, -0.2) is 22.6 Å². The number of hydrogen-bond acceptors (Lipinski definition) is 1. The summed E-state index contributed by atoms with van der Waals surface area (Å²) in [6.45, 7) is 2.79. The van der Waals surface area contributed by atoms with Gasteiger partial charge in [-0.05, 0) is 0 Å². The molecule has 1 radical (unpaired) electrons. The van der Waals surface area contributed by atoms with Gasteiger partial charge in [-0.3, -0.25) is 0 Å². The first kappa shape index (κ1) is 5.48. The molecule has 0 aromatic rings. The molecule has 5 heavy (non-hydrogen) atoms. The van der Waals surface area contributed by atoms with Crippen LogP contribution < -0.4 is 5.73 Å². The van der Waals surface area contributed by atoms with Crippen molar-refractivity contribution < 1.29 is 0 Å². The Kier molecular flexibility index (Phi) is 2.96. The van der Waals surface area contributed by atoms with Gasteiger partial charge in [0.15, 0.2) is 0 Å². The van der Waals surface area contributed by atoms with Crippen LogP contribution in [0.25, 0.3) is 0 Å². The van der Waals surface area contributed by atoms with Crippen LogP contribution in [0.4, 0.5) is 0 Å². The summed E-state index contributed by atoms with van der Waals surface area (Å²) in [7, 11) is 0. The van der Waals surface area contributed by atoms with Crippen LogP contribution in [-0.2, 0) is 0 Å². The summed E-state index contributed by atoms with van der Waals surface area (Å²) in [5.41, 5.74) is 5.14. The van der Waals surface area contributed by atoms with E-state index in [0.29, 0.717) is 4.82 Å². The summed E-state index contributed by atoms with van der Waals surface area (Å²) in [4.78, 5) is 0.537.